The van der Waals surface area contributed by atoms with Crippen molar-refractivity contribution in [2.24, 2.45) is 0 Å². The molecule has 0 atom stereocenters. The van der Waals surface area contributed by atoms with E-state index in [0.29, 0.717) is 0 Å². The average Bonchev–Trinajstić information content (AvgIpc) is 2.72. The molecule has 0 saturated heterocycles. The summed E-state index contributed by atoms with van der Waals surface area (Å²) in [6.07, 6.45) is 1.77. The summed E-state index contributed by atoms with van der Waals surface area (Å²) < 4.78 is 0.953. The van der Waals surface area contributed by atoms with Crippen LogP contribution in [0.3, 0.4) is 0 Å². The minimum atomic E-state index is 0.272. The highest BCUT2D eigenvalue weighted by Crippen LogP contribution is 2.35. The van der Waals surface area contributed by atoms with E-state index in [9.17, 15) is 0 Å². The van der Waals surface area contributed by atoms with Gasteiger partial charge < -0.3 is 0 Å². The highest BCUT2D eigenvalue weighted by molar-refractivity contribution is 9.10. The first kappa shape index (κ1) is 13.3. The summed E-state index contributed by atoms with van der Waals surface area (Å²) in [5, 5.41) is 3.02. The van der Waals surface area contributed by atoms with Crippen molar-refractivity contribution in [3.05, 3.63) is 39.0 Å². The monoisotopic (exact) mass is 371 g/mol. The van der Waals surface area contributed by atoms with Crippen molar-refractivity contribution in [1.29, 1.82) is 0 Å². The predicted molar refractivity (Wildman–Crippen MR) is 83.2 cm³/mol. The predicted octanol–water partition coefficient (Wildman–Crippen LogP) is 4.96. The van der Waals surface area contributed by atoms with Gasteiger partial charge in [-0.3, -0.25) is 0 Å². The molecule has 0 amide bonds. The van der Waals surface area contributed by atoms with Crippen LogP contribution in [-0.4, -0.2) is 15.0 Å². The number of fused-ring (bicyclic) bond motifs is 1. The second-order valence-corrected chi connectivity index (χ2v) is 7.29. The molecule has 3 nitrogen and oxygen atoms in total. The molecular weight excluding hydrogens is 366 g/mol. The lowest BCUT2D eigenvalue weighted by molar-refractivity contribution is 1.08. The molecule has 0 aliphatic heterocycles. The molecule has 0 fully saturated rings. The highest BCUT2D eigenvalue weighted by atomic mass is 79.9. The van der Waals surface area contributed by atoms with Crippen LogP contribution in [0.5, 0.6) is 0 Å². The van der Waals surface area contributed by atoms with E-state index in [1.807, 2.05) is 19.1 Å². The second-order valence-electron chi connectivity index (χ2n) is 3.79. The number of pyridine rings is 1. The van der Waals surface area contributed by atoms with Gasteiger partial charge in [-0.15, -0.1) is 11.3 Å². The van der Waals surface area contributed by atoms with Crippen molar-refractivity contribution < 1.29 is 0 Å². The Labute approximate surface area is 131 Å². The quantitative estimate of drug-likeness (QED) is 0.470. The number of hydrogen-bond donors (Lipinski definition) is 0. The Morgan fingerprint density at radius 1 is 1.32 bits per heavy atom. The molecule has 0 bridgehead atoms. The van der Waals surface area contributed by atoms with E-state index in [0.717, 1.165) is 24.7 Å². The Morgan fingerprint density at radius 3 is 2.89 bits per heavy atom. The van der Waals surface area contributed by atoms with Crippen molar-refractivity contribution >= 4 is 60.8 Å². The van der Waals surface area contributed by atoms with Gasteiger partial charge in [0.2, 0.25) is 5.28 Å². The molecule has 0 aliphatic carbocycles. The molecule has 0 saturated carbocycles. The third-order valence-corrected chi connectivity index (χ3v) is 4.89. The number of aryl methyl sites for hydroxylation is 1. The van der Waals surface area contributed by atoms with E-state index in [-0.39, 0.29) is 5.28 Å². The Hall–Kier alpha value is -0.690. The van der Waals surface area contributed by atoms with Gasteiger partial charge in [0.25, 0.3) is 0 Å². The summed E-state index contributed by atoms with van der Waals surface area (Å²) in [7, 11) is 0. The number of halogens is 2. The molecule has 0 N–H and O–H groups in total. The molecule has 3 aromatic rings. The van der Waals surface area contributed by atoms with Crippen LogP contribution in [0.1, 0.15) is 4.88 Å². The normalized spacial score (nSPS) is 11.1. The van der Waals surface area contributed by atoms with Crippen molar-refractivity contribution in [2.45, 2.75) is 17.0 Å². The maximum absolute atomic E-state index is 5.97. The van der Waals surface area contributed by atoms with Crippen molar-refractivity contribution in [3.8, 4) is 0 Å². The minimum absolute atomic E-state index is 0.272. The topological polar surface area (TPSA) is 38.7 Å². The number of rotatable bonds is 2. The lowest BCUT2D eigenvalue weighted by Gasteiger charge is -2.02. The maximum Gasteiger partial charge on any atom is 0.224 e. The van der Waals surface area contributed by atoms with Gasteiger partial charge >= 0.3 is 0 Å². The van der Waals surface area contributed by atoms with Crippen molar-refractivity contribution in [2.75, 3.05) is 0 Å². The fraction of sp³-hybridized carbons (Fsp3) is 0.0833. The first-order chi connectivity index (χ1) is 9.11. The van der Waals surface area contributed by atoms with Gasteiger partial charge in [-0.25, -0.2) is 15.0 Å². The molecule has 3 aromatic heterocycles. The van der Waals surface area contributed by atoms with Gasteiger partial charge in [-0.1, -0.05) is 0 Å². The Balaban J connectivity index is 2.06. The van der Waals surface area contributed by atoms with Crippen LogP contribution in [0.25, 0.3) is 10.2 Å². The zero-order valence-corrected chi connectivity index (χ0v) is 13.7. The Bertz CT molecular complexity index is 743. The molecule has 0 aromatic carbocycles. The highest BCUT2D eigenvalue weighted by Gasteiger charge is 2.11. The summed E-state index contributed by atoms with van der Waals surface area (Å²) in [6.45, 7) is 2.05. The van der Waals surface area contributed by atoms with Gasteiger partial charge in [0, 0.05) is 20.9 Å². The number of thiophene rings is 1. The second kappa shape index (κ2) is 5.36. The van der Waals surface area contributed by atoms with Gasteiger partial charge in [-0.05, 0) is 64.4 Å². The van der Waals surface area contributed by atoms with Crippen LogP contribution in [0.4, 0.5) is 0 Å². The summed E-state index contributed by atoms with van der Waals surface area (Å²) >= 11 is 12.4. The molecular formula is C12H7BrClN3S2. The van der Waals surface area contributed by atoms with Gasteiger partial charge in [0.05, 0.1) is 0 Å². The van der Waals surface area contributed by atoms with E-state index in [1.54, 1.807) is 17.5 Å². The van der Waals surface area contributed by atoms with Crippen LogP contribution >= 0.6 is 50.6 Å². The summed E-state index contributed by atoms with van der Waals surface area (Å²) in [5.74, 6) is 0. The smallest absolute Gasteiger partial charge is 0.224 e. The zero-order chi connectivity index (χ0) is 13.4. The first-order valence-electron chi connectivity index (χ1n) is 5.35. The molecule has 0 aliphatic rings. The van der Waals surface area contributed by atoms with Crippen LogP contribution in [-0.2, 0) is 0 Å². The lowest BCUT2D eigenvalue weighted by Crippen LogP contribution is -1.87. The molecule has 0 radical (unpaired) electrons. The Morgan fingerprint density at radius 2 is 2.16 bits per heavy atom. The Kier molecular flexibility index (Phi) is 3.75. The van der Waals surface area contributed by atoms with Crippen molar-refractivity contribution in [3.63, 3.8) is 0 Å². The standard InChI is InChI=1S/C12H7BrClN3S2/c1-6-4-8-10(18-6)16-12(14)17-11(8)19-9-3-2-7(13)5-15-9/h2-5H,1H3. The number of aromatic nitrogens is 3. The third-order valence-electron chi connectivity index (χ3n) is 2.36. The fourth-order valence-corrected chi connectivity index (χ4v) is 3.88. The zero-order valence-electron chi connectivity index (χ0n) is 9.72. The van der Waals surface area contributed by atoms with Crippen LogP contribution < -0.4 is 0 Å². The average molecular weight is 373 g/mol. The van der Waals surface area contributed by atoms with Gasteiger partial charge in [0.15, 0.2) is 0 Å². The molecule has 0 spiro atoms. The van der Waals surface area contributed by atoms with E-state index >= 15 is 0 Å². The maximum atomic E-state index is 5.97. The summed E-state index contributed by atoms with van der Waals surface area (Å²) in [6, 6.07) is 5.97. The lowest BCUT2D eigenvalue weighted by atomic mass is 10.4. The van der Waals surface area contributed by atoms with Crippen LogP contribution in [0, 0.1) is 6.92 Å². The summed E-state index contributed by atoms with van der Waals surface area (Å²) in [5.41, 5.74) is 0. The number of nitrogens with zero attached hydrogens (tertiary/aromatic N) is 3. The van der Waals surface area contributed by atoms with Gasteiger partial charge in [-0.2, -0.15) is 0 Å². The molecule has 19 heavy (non-hydrogen) atoms. The summed E-state index contributed by atoms with van der Waals surface area (Å²) in [4.78, 5) is 15.0. The van der Waals surface area contributed by atoms with Crippen molar-refractivity contribution in [1.82, 2.24) is 15.0 Å². The van der Waals surface area contributed by atoms with E-state index in [2.05, 4.69) is 36.9 Å². The fourth-order valence-electron chi connectivity index (χ4n) is 1.59. The molecule has 0 unspecified atom stereocenters. The molecule has 3 heterocycles. The van der Waals surface area contributed by atoms with E-state index in [1.165, 1.54) is 16.6 Å². The van der Waals surface area contributed by atoms with Crippen LogP contribution in [0.15, 0.2) is 38.9 Å². The first-order valence-corrected chi connectivity index (χ1v) is 8.15. The number of hydrogen-bond acceptors (Lipinski definition) is 5. The molecule has 7 heteroatoms. The molecule has 96 valence electrons. The van der Waals surface area contributed by atoms with Crippen LogP contribution in [0.2, 0.25) is 5.28 Å². The van der Waals surface area contributed by atoms with Gasteiger partial charge in [0.1, 0.15) is 14.9 Å². The third kappa shape index (κ3) is 2.91. The largest absolute Gasteiger partial charge is 0.248 e. The molecule has 3 rings (SSSR count). The SMILES string of the molecule is Cc1cc2c(Sc3ccc(Br)cn3)nc(Cl)nc2s1. The van der Waals surface area contributed by atoms with E-state index in [4.69, 9.17) is 11.6 Å². The minimum Gasteiger partial charge on any atom is -0.248 e. The van der Waals surface area contributed by atoms with E-state index < -0.39 is 0 Å².